The van der Waals surface area contributed by atoms with Crippen LogP contribution in [0.25, 0.3) is 0 Å². The van der Waals surface area contributed by atoms with Crippen LogP contribution in [-0.4, -0.2) is 42.1 Å². The van der Waals surface area contributed by atoms with Gasteiger partial charge in [0.2, 0.25) is 0 Å². The molecule has 2 atom stereocenters. The van der Waals surface area contributed by atoms with E-state index in [4.69, 9.17) is 0 Å². The minimum absolute atomic E-state index is 0.0452. The van der Waals surface area contributed by atoms with Gasteiger partial charge in [-0.2, -0.15) is 0 Å². The van der Waals surface area contributed by atoms with Crippen LogP contribution < -0.4 is 5.32 Å². The molecule has 0 amide bonds. The maximum Gasteiger partial charge on any atom is 0.196 e. The Hall–Kier alpha value is -2.46. The molecule has 0 bridgehead atoms. The van der Waals surface area contributed by atoms with Crippen molar-refractivity contribution in [1.29, 1.82) is 0 Å². The van der Waals surface area contributed by atoms with Gasteiger partial charge in [-0.25, -0.2) is 0 Å². The third-order valence-electron chi connectivity index (χ3n) is 6.74. The minimum atomic E-state index is -0.0510. The van der Waals surface area contributed by atoms with E-state index in [0.29, 0.717) is 34.2 Å². The predicted octanol–water partition coefficient (Wildman–Crippen LogP) is 4.14. The highest BCUT2D eigenvalue weighted by atomic mass is 16.1. The first-order chi connectivity index (χ1) is 13.7. The summed E-state index contributed by atoms with van der Waals surface area (Å²) in [6.07, 6.45) is 6.41. The molecule has 2 saturated heterocycles. The van der Waals surface area contributed by atoms with Crippen LogP contribution in [-0.2, 0) is 0 Å². The minimum Gasteiger partial charge on any atom is -0.384 e. The summed E-state index contributed by atoms with van der Waals surface area (Å²) in [5, 5.41) is 3.56. The van der Waals surface area contributed by atoms with Crippen LogP contribution in [0.15, 0.2) is 42.5 Å². The molecule has 1 N–H and O–H groups in total. The van der Waals surface area contributed by atoms with Crippen molar-refractivity contribution >= 4 is 17.3 Å². The highest BCUT2D eigenvalue weighted by Crippen LogP contribution is 2.34. The Morgan fingerprint density at radius 2 is 1.57 bits per heavy atom. The summed E-state index contributed by atoms with van der Waals surface area (Å²) < 4.78 is 0. The summed E-state index contributed by atoms with van der Waals surface area (Å²) in [6, 6.07) is 13.4. The average molecular weight is 374 g/mol. The largest absolute Gasteiger partial charge is 0.384 e. The van der Waals surface area contributed by atoms with Crippen LogP contribution in [0.5, 0.6) is 0 Å². The fourth-order valence-corrected chi connectivity index (χ4v) is 5.35. The van der Waals surface area contributed by atoms with Gasteiger partial charge in [-0.05, 0) is 50.8 Å². The van der Waals surface area contributed by atoms with Gasteiger partial charge in [-0.3, -0.25) is 9.59 Å². The molecular formula is C24H26N2O2. The molecule has 2 unspecified atom stereocenters. The molecule has 4 nitrogen and oxygen atoms in total. The zero-order valence-electron chi connectivity index (χ0n) is 16.1. The van der Waals surface area contributed by atoms with Crippen molar-refractivity contribution in [2.45, 2.75) is 38.1 Å². The number of nitrogens with one attached hydrogen (secondary N) is 1. The summed E-state index contributed by atoms with van der Waals surface area (Å²) in [5.41, 5.74) is 2.91. The maximum atomic E-state index is 13.2. The first-order valence-electron chi connectivity index (χ1n) is 10.5. The van der Waals surface area contributed by atoms with Crippen molar-refractivity contribution in [3.8, 4) is 0 Å². The molecule has 0 spiro atoms. The molecule has 5 rings (SSSR count). The Balaban J connectivity index is 1.41. The maximum absolute atomic E-state index is 13.2. The number of benzene rings is 2. The number of carbonyl (C=O) groups is 2. The lowest BCUT2D eigenvalue weighted by Gasteiger charge is -2.44. The molecule has 2 fully saturated rings. The van der Waals surface area contributed by atoms with Crippen LogP contribution in [0.4, 0.5) is 5.69 Å². The Morgan fingerprint density at radius 3 is 2.43 bits per heavy atom. The van der Waals surface area contributed by atoms with E-state index in [-0.39, 0.29) is 11.6 Å². The first-order valence-corrected chi connectivity index (χ1v) is 10.5. The monoisotopic (exact) mass is 374 g/mol. The van der Waals surface area contributed by atoms with Crippen molar-refractivity contribution in [2.75, 3.05) is 25.0 Å². The lowest BCUT2D eigenvalue weighted by atomic mass is 9.82. The fraction of sp³-hybridized carbons (Fsp3) is 0.417. The summed E-state index contributed by atoms with van der Waals surface area (Å²) in [4.78, 5) is 28.7. The molecule has 4 heteroatoms. The van der Waals surface area contributed by atoms with Gasteiger partial charge in [0, 0.05) is 35.0 Å². The van der Waals surface area contributed by atoms with E-state index in [1.807, 2.05) is 24.3 Å². The first kappa shape index (κ1) is 17.6. The second-order valence-corrected chi connectivity index (χ2v) is 8.31. The highest BCUT2D eigenvalue weighted by molar-refractivity contribution is 6.30. The Morgan fingerprint density at radius 1 is 0.821 bits per heavy atom. The second kappa shape index (κ2) is 7.17. The number of hydrogen-bond donors (Lipinski definition) is 1. The Bertz CT molecular complexity index is 934. The molecule has 144 valence electrons. The zero-order valence-corrected chi connectivity index (χ0v) is 16.1. The number of hydrogen-bond acceptors (Lipinski definition) is 4. The molecule has 3 aliphatic rings. The van der Waals surface area contributed by atoms with Crippen LogP contribution >= 0.6 is 0 Å². The molecule has 28 heavy (non-hydrogen) atoms. The van der Waals surface area contributed by atoms with Crippen LogP contribution in [0.3, 0.4) is 0 Å². The van der Waals surface area contributed by atoms with Gasteiger partial charge in [0.15, 0.2) is 11.6 Å². The van der Waals surface area contributed by atoms with Crippen LogP contribution in [0, 0.1) is 5.92 Å². The van der Waals surface area contributed by atoms with E-state index in [1.165, 1.54) is 45.2 Å². The van der Waals surface area contributed by atoms with Gasteiger partial charge in [0.05, 0.1) is 5.56 Å². The molecular weight excluding hydrogens is 348 g/mol. The third-order valence-corrected chi connectivity index (χ3v) is 6.74. The van der Waals surface area contributed by atoms with Gasteiger partial charge < -0.3 is 10.2 Å². The highest BCUT2D eigenvalue weighted by Gasteiger charge is 2.34. The number of fused-ring (bicyclic) bond motifs is 3. The van der Waals surface area contributed by atoms with Gasteiger partial charge in [0.1, 0.15) is 0 Å². The van der Waals surface area contributed by atoms with E-state index in [2.05, 4.69) is 10.2 Å². The molecule has 1 aliphatic carbocycles. The number of anilines is 1. The van der Waals surface area contributed by atoms with Crippen molar-refractivity contribution in [3.05, 3.63) is 64.7 Å². The van der Waals surface area contributed by atoms with E-state index < -0.39 is 0 Å². The van der Waals surface area contributed by atoms with Crippen LogP contribution in [0.1, 0.15) is 63.9 Å². The molecule has 0 aromatic heterocycles. The normalized spacial score (nSPS) is 24.3. The zero-order chi connectivity index (χ0) is 19.1. The number of rotatable bonds is 3. The molecule has 0 radical (unpaired) electrons. The third kappa shape index (κ3) is 2.87. The lowest BCUT2D eigenvalue weighted by Crippen LogP contribution is -2.49. The molecule has 2 aromatic rings. The molecule has 2 aromatic carbocycles. The summed E-state index contributed by atoms with van der Waals surface area (Å²) in [7, 11) is 0. The SMILES string of the molecule is O=C1c2ccccc2C(=O)c2c(NCC3CCCN4CCCCC34)cccc21. The number of ketones is 2. The fourth-order valence-electron chi connectivity index (χ4n) is 5.35. The Kier molecular flexibility index (Phi) is 4.52. The predicted molar refractivity (Wildman–Crippen MR) is 110 cm³/mol. The van der Waals surface area contributed by atoms with E-state index in [1.54, 1.807) is 18.2 Å². The number of carbonyl (C=O) groups excluding carboxylic acids is 2. The second-order valence-electron chi connectivity index (χ2n) is 8.31. The average Bonchev–Trinajstić information content (AvgIpc) is 2.75. The smallest absolute Gasteiger partial charge is 0.196 e. The van der Waals surface area contributed by atoms with E-state index in [9.17, 15) is 9.59 Å². The van der Waals surface area contributed by atoms with Gasteiger partial charge in [0.25, 0.3) is 0 Å². The molecule has 0 saturated carbocycles. The van der Waals surface area contributed by atoms with Crippen LogP contribution in [0.2, 0.25) is 0 Å². The van der Waals surface area contributed by atoms with Gasteiger partial charge in [-0.1, -0.05) is 42.8 Å². The van der Waals surface area contributed by atoms with Crippen molar-refractivity contribution in [1.82, 2.24) is 4.90 Å². The van der Waals surface area contributed by atoms with E-state index >= 15 is 0 Å². The summed E-state index contributed by atoms with van der Waals surface area (Å²) in [5.74, 6) is 0.507. The summed E-state index contributed by atoms with van der Waals surface area (Å²) in [6.45, 7) is 3.32. The lowest BCUT2D eigenvalue weighted by molar-refractivity contribution is 0.0649. The van der Waals surface area contributed by atoms with Crippen molar-refractivity contribution < 1.29 is 9.59 Å². The van der Waals surface area contributed by atoms with Crippen molar-refractivity contribution in [3.63, 3.8) is 0 Å². The number of nitrogens with zero attached hydrogens (tertiary/aromatic N) is 1. The quantitative estimate of drug-likeness (QED) is 0.749. The number of piperidine rings is 2. The topological polar surface area (TPSA) is 49.4 Å². The van der Waals surface area contributed by atoms with Crippen molar-refractivity contribution in [2.24, 2.45) is 5.92 Å². The standard InChI is InChI=1S/C24H26N2O2/c27-23-17-8-1-2-9-18(17)24(28)22-19(23)10-5-11-20(22)25-15-16-7-6-14-26-13-4-3-12-21(16)26/h1-2,5,8-11,16,21,25H,3-4,6-7,12-15H2. The molecule has 2 heterocycles. The Labute approximate surface area is 165 Å². The van der Waals surface area contributed by atoms with E-state index in [0.717, 1.165) is 12.2 Å². The van der Waals surface area contributed by atoms with Gasteiger partial charge in [-0.15, -0.1) is 0 Å². The molecule has 2 aliphatic heterocycles. The van der Waals surface area contributed by atoms with Gasteiger partial charge >= 0.3 is 0 Å². The summed E-state index contributed by atoms with van der Waals surface area (Å²) >= 11 is 0.